The van der Waals surface area contributed by atoms with E-state index >= 15 is 0 Å². The minimum absolute atomic E-state index is 0.0367. The van der Waals surface area contributed by atoms with E-state index in [0.717, 1.165) is 29.1 Å². The molecule has 0 saturated heterocycles. The van der Waals surface area contributed by atoms with Crippen LogP contribution in [0.5, 0.6) is 0 Å². The second-order valence-electron chi connectivity index (χ2n) is 7.41. The summed E-state index contributed by atoms with van der Waals surface area (Å²) >= 11 is 6.30. The average molecular weight is 422 g/mol. The third kappa shape index (κ3) is 3.00. The van der Waals surface area contributed by atoms with Gasteiger partial charge in [0.05, 0.1) is 16.7 Å². The molecule has 29 heavy (non-hydrogen) atoms. The second kappa shape index (κ2) is 6.09. The van der Waals surface area contributed by atoms with Gasteiger partial charge in [0.1, 0.15) is 16.1 Å². The summed E-state index contributed by atoms with van der Waals surface area (Å²) in [5, 5.41) is 8.80. The van der Waals surface area contributed by atoms with Crippen LogP contribution in [-0.4, -0.2) is 24.1 Å². The summed E-state index contributed by atoms with van der Waals surface area (Å²) in [7, 11) is 1.76. The molecule has 0 aliphatic heterocycles. The zero-order chi connectivity index (χ0) is 20.5. The molecule has 3 heterocycles. The van der Waals surface area contributed by atoms with Crippen molar-refractivity contribution in [1.82, 2.24) is 24.1 Å². The van der Waals surface area contributed by atoms with E-state index in [9.17, 15) is 18.0 Å². The minimum atomic E-state index is -4.61. The molecule has 0 N–H and O–H groups in total. The number of benzene rings is 1. The Morgan fingerprint density at radius 3 is 2.66 bits per heavy atom. The lowest BCUT2D eigenvalue weighted by molar-refractivity contribution is -0.136. The quantitative estimate of drug-likeness (QED) is 0.499. The summed E-state index contributed by atoms with van der Waals surface area (Å²) in [6.07, 6.45) is 0.0503. The fourth-order valence-electron chi connectivity index (χ4n) is 3.59. The Hall–Kier alpha value is -2.81. The van der Waals surface area contributed by atoms with Crippen LogP contribution in [0.2, 0.25) is 5.02 Å². The van der Waals surface area contributed by atoms with Crippen molar-refractivity contribution >= 4 is 33.5 Å². The van der Waals surface area contributed by atoms with E-state index < -0.39 is 17.3 Å². The van der Waals surface area contributed by atoms with Crippen LogP contribution in [0.4, 0.5) is 13.2 Å². The van der Waals surface area contributed by atoms with Crippen molar-refractivity contribution in [3.05, 3.63) is 51.5 Å². The van der Waals surface area contributed by atoms with Crippen molar-refractivity contribution in [2.24, 2.45) is 13.0 Å². The molecule has 1 aliphatic carbocycles. The first-order valence-corrected chi connectivity index (χ1v) is 9.43. The maximum atomic E-state index is 13.7. The number of aromatic nitrogens is 5. The highest BCUT2D eigenvalue weighted by atomic mass is 35.5. The molecule has 0 spiro atoms. The molecule has 0 radical (unpaired) electrons. The largest absolute Gasteiger partial charge is 0.420 e. The van der Waals surface area contributed by atoms with Crippen LogP contribution in [0.1, 0.15) is 18.4 Å². The predicted molar refractivity (Wildman–Crippen MR) is 102 cm³/mol. The van der Waals surface area contributed by atoms with E-state index in [1.54, 1.807) is 36.1 Å². The van der Waals surface area contributed by atoms with Crippen molar-refractivity contribution < 1.29 is 13.2 Å². The molecular weight excluding hydrogens is 407 g/mol. The molecule has 1 aliphatic rings. The van der Waals surface area contributed by atoms with Gasteiger partial charge in [0.25, 0.3) is 5.56 Å². The number of hydrogen-bond acceptors (Lipinski definition) is 3. The molecule has 1 saturated carbocycles. The van der Waals surface area contributed by atoms with Crippen molar-refractivity contribution in [3.63, 3.8) is 0 Å². The Balaban J connectivity index is 1.77. The minimum Gasteiger partial charge on any atom is -0.344 e. The van der Waals surface area contributed by atoms with Crippen LogP contribution in [0, 0.1) is 5.92 Å². The third-order valence-corrected chi connectivity index (χ3v) is 5.48. The summed E-state index contributed by atoms with van der Waals surface area (Å²) in [6, 6.07) is 4.91. The van der Waals surface area contributed by atoms with Crippen molar-refractivity contribution in [3.8, 4) is 5.69 Å². The van der Waals surface area contributed by atoms with Gasteiger partial charge >= 0.3 is 6.18 Å². The molecule has 4 aromatic rings. The number of hydrogen-bond donors (Lipinski definition) is 0. The molecule has 0 amide bonds. The Kier molecular flexibility index (Phi) is 3.83. The summed E-state index contributed by atoms with van der Waals surface area (Å²) < 4.78 is 45.0. The van der Waals surface area contributed by atoms with E-state index in [1.807, 2.05) is 0 Å². The maximum Gasteiger partial charge on any atom is 0.420 e. The van der Waals surface area contributed by atoms with Crippen LogP contribution in [0.15, 0.2) is 35.4 Å². The summed E-state index contributed by atoms with van der Waals surface area (Å²) in [4.78, 5) is 12.9. The van der Waals surface area contributed by atoms with E-state index in [0.29, 0.717) is 23.7 Å². The average Bonchev–Trinajstić information content (AvgIpc) is 3.26. The standard InChI is InChI=1S/C19H15ClF3N5O/c1-26-8-11-6-12(4-5-14(11)24-26)28-18(29)15(20)17-16(25-28)13(19(21,22)23)9-27(17)7-10-2-3-10/h4-6,8-10H,2-3,7H2,1H3. The highest BCUT2D eigenvalue weighted by Gasteiger charge is 2.37. The lowest BCUT2D eigenvalue weighted by Gasteiger charge is -2.09. The third-order valence-electron chi connectivity index (χ3n) is 5.14. The van der Waals surface area contributed by atoms with E-state index in [-0.39, 0.29) is 16.1 Å². The van der Waals surface area contributed by atoms with E-state index in [4.69, 9.17) is 11.6 Å². The molecule has 5 rings (SSSR count). The topological polar surface area (TPSA) is 57.6 Å². The molecule has 1 aromatic carbocycles. The van der Waals surface area contributed by atoms with Crippen LogP contribution >= 0.6 is 11.6 Å². The Morgan fingerprint density at radius 1 is 1.21 bits per heavy atom. The molecule has 0 unspecified atom stereocenters. The summed E-state index contributed by atoms with van der Waals surface area (Å²) in [5.74, 6) is 0.304. The highest BCUT2D eigenvalue weighted by Crippen LogP contribution is 2.39. The zero-order valence-electron chi connectivity index (χ0n) is 15.2. The van der Waals surface area contributed by atoms with Crippen molar-refractivity contribution in [2.75, 3.05) is 0 Å². The fourth-order valence-corrected chi connectivity index (χ4v) is 3.87. The van der Waals surface area contributed by atoms with Crippen molar-refractivity contribution in [1.29, 1.82) is 0 Å². The van der Waals surface area contributed by atoms with Gasteiger partial charge < -0.3 is 4.57 Å². The molecule has 0 bridgehead atoms. The molecular formula is C19H15ClF3N5O. The highest BCUT2D eigenvalue weighted by molar-refractivity contribution is 6.34. The Morgan fingerprint density at radius 2 is 1.97 bits per heavy atom. The Labute approximate surface area is 167 Å². The van der Waals surface area contributed by atoms with Gasteiger partial charge in [-0.15, -0.1) is 0 Å². The van der Waals surface area contributed by atoms with E-state index in [2.05, 4.69) is 10.2 Å². The van der Waals surface area contributed by atoms with Crippen molar-refractivity contribution in [2.45, 2.75) is 25.6 Å². The SMILES string of the molecule is Cn1cc2cc(-n3nc4c(C(F)(F)F)cn(CC5CC5)c4c(Cl)c3=O)ccc2n1. The molecule has 10 heteroatoms. The normalized spacial score (nSPS) is 14.9. The zero-order valence-corrected chi connectivity index (χ0v) is 16.0. The summed E-state index contributed by atoms with van der Waals surface area (Å²) in [6.45, 7) is 0.388. The van der Waals surface area contributed by atoms with Gasteiger partial charge in [-0.05, 0) is 37.0 Å². The number of alkyl halides is 3. The van der Waals surface area contributed by atoms with Crippen LogP contribution in [0.3, 0.4) is 0 Å². The lowest BCUT2D eigenvalue weighted by atomic mass is 10.2. The number of halogens is 4. The molecule has 6 nitrogen and oxygen atoms in total. The van der Waals surface area contributed by atoms with Gasteiger partial charge in [0.15, 0.2) is 0 Å². The Bertz CT molecular complexity index is 1330. The van der Waals surface area contributed by atoms with Crippen LogP contribution in [0.25, 0.3) is 27.6 Å². The van der Waals surface area contributed by atoms with Gasteiger partial charge in [0, 0.05) is 31.4 Å². The first-order chi connectivity index (χ1) is 13.7. The number of aryl methyl sites for hydroxylation is 1. The van der Waals surface area contributed by atoms with Crippen LogP contribution in [-0.2, 0) is 19.8 Å². The first-order valence-electron chi connectivity index (χ1n) is 9.05. The van der Waals surface area contributed by atoms with Gasteiger partial charge in [-0.1, -0.05) is 11.6 Å². The monoisotopic (exact) mass is 421 g/mol. The van der Waals surface area contributed by atoms with Gasteiger partial charge in [-0.2, -0.15) is 28.1 Å². The molecule has 0 atom stereocenters. The van der Waals surface area contributed by atoms with Gasteiger partial charge in [0.2, 0.25) is 0 Å². The van der Waals surface area contributed by atoms with Crippen LogP contribution < -0.4 is 5.56 Å². The number of nitrogens with zero attached hydrogens (tertiary/aromatic N) is 5. The maximum absolute atomic E-state index is 13.7. The smallest absolute Gasteiger partial charge is 0.344 e. The fraction of sp³-hybridized carbons (Fsp3) is 0.316. The van der Waals surface area contributed by atoms with Gasteiger partial charge in [-0.3, -0.25) is 9.48 Å². The first kappa shape index (κ1) is 18.2. The predicted octanol–water partition coefficient (Wildman–Crippen LogP) is 4.16. The molecule has 1 fully saturated rings. The van der Waals surface area contributed by atoms with E-state index in [1.165, 1.54) is 4.57 Å². The molecule has 150 valence electrons. The number of rotatable bonds is 3. The second-order valence-corrected chi connectivity index (χ2v) is 7.79. The number of fused-ring (bicyclic) bond motifs is 2. The molecule has 3 aromatic heterocycles. The lowest BCUT2D eigenvalue weighted by Crippen LogP contribution is -2.22. The summed E-state index contributed by atoms with van der Waals surface area (Å²) in [5.41, 5.74) is -0.827. The van der Waals surface area contributed by atoms with Gasteiger partial charge in [-0.25, -0.2) is 0 Å².